The van der Waals surface area contributed by atoms with Crippen LogP contribution in [0.2, 0.25) is 0 Å². The minimum absolute atomic E-state index is 0.134. The molecule has 9 heteroatoms. The van der Waals surface area contributed by atoms with Crippen LogP contribution in [0.5, 0.6) is 0 Å². The molecule has 2 aliphatic rings. The van der Waals surface area contributed by atoms with Crippen molar-refractivity contribution in [2.75, 3.05) is 31.9 Å². The van der Waals surface area contributed by atoms with Crippen LogP contribution in [0.25, 0.3) is 0 Å². The maximum absolute atomic E-state index is 13.7. The smallest absolute Gasteiger partial charge is 0.407 e. The number of sulfone groups is 1. The van der Waals surface area contributed by atoms with Crippen LogP contribution in [0.1, 0.15) is 21.9 Å². The van der Waals surface area contributed by atoms with Gasteiger partial charge in [-0.05, 0) is 24.1 Å². The van der Waals surface area contributed by atoms with Crippen LogP contribution in [-0.2, 0) is 9.84 Å². The monoisotopic (exact) mass is 367 g/mol. The topological polar surface area (TPSA) is 102 Å². The third kappa shape index (κ3) is 3.07. The molecule has 0 spiro atoms. The minimum Gasteiger partial charge on any atom is -0.465 e. The largest absolute Gasteiger partial charge is 0.465 e. The van der Waals surface area contributed by atoms with E-state index in [2.05, 4.69) is 0 Å². The first-order valence-electron chi connectivity index (χ1n) is 7.87. The van der Waals surface area contributed by atoms with E-state index in [1.165, 1.54) is 11.0 Å². The number of hydrogen-bond acceptors (Lipinski definition) is 5. The van der Waals surface area contributed by atoms with Gasteiger partial charge < -0.3 is 10.0 Å². The number of carboxylic acid groups (broad SMARTS) is 1. The van der Waals surface area contributed by atoms with Crippen LogP contribution >= 0.6 is 0 Å². The van der Waals surface area contributed by atoms with Gasteiger partial charge in [0.05, 0.1) is 16.6 Å². The highest BCUT2D eigenvalue weighted by Gasteiger charge is 2.43. The lowest BCUT2D eigenvalue weighted by molar-refractivity contribution is 0.0720. The van der Waals surface area contributed by atoms with E-state index in [9.17, 15) is 17.6 Å². The van der Waals surface area contributed by atoms with Gasteiger partial charge in [-0.15, -0.1) is 0 Å². The van der Waals surface area contributed by atoms with Crippen molar-refractivity contribution in [1.29, 1.82) is 5.26 Å². The molecule has 2 atom stereocenters. The van der Waals surface area contributed by atoms with E-state index in [1.54, 1.807) is 13.0 Å². The number of amides is 1. The second-order valence-electron chi connectivity index (χ2n) is 6.44. The van der Waals surface area contributed by atoms with Gasteiger partial charge in [-0.2, -0.15) is 5.26 Å². The summed E-state index contributed by atoms with van der Waals surface area (Å²) in [5, 5.41) is 17.4. The maximum atomic E-state index is 13.7. The van der Waals surface area contributed by atoms with E-state index in [-0.39, 0.29) is 30.4 Å². The average molecular weight is 367 g/mol. The van der Waals surface area contributed by atoms with Gasteiger partial charge in [0.15, 0.2) is 9.84 Å². The molecule has 0 radical (unpaired) electrons. The molecule has 0 unspecified atom stereocenters. The lowest BCUT2D eigenvalue weighted by atomic mass is 9.99. The molecule has 0 bridgehead atoms. The lowest BCUT2D eigenvalue weighted by Crippen LogP contribution is -2.60. The molecule has 1 amide bonds. The Bertz CT molecular complexity index is 865. The Balaban J connectivity index is 1.93. The predicted molar refractivity (Wildman–Crippen MR) is 87.3 cm³/mol. The molecule has 2 aliphatic heterocycles. The first kappa shape index (κ1) is 17.6. The summed E-state index contributed by atoms with van der Waals surface area (Å²) in [6.07, 6.45) is -1.05. The van der Waals surface area contributed by atoms with Crippen molar-refractivity contribution in [2.24, 2.45) is 0 Å². The fourth-order valence-electron chi connectivity index (χ4n) is 3.65. The number of carbonyl (C=O) groups is 1. The molecule has 0 aliphatic carbocycles. The van der Waals surface area contributed by atoms with Gasteiger partial charge in [-0.25, -0.2) is 17.6 Å². The fraction of sp³-hybridized carbons (Fsp3) is 0.500. The summed E-state index contributed by atoms with van der Waals surface area (Å²) in [6, 6.07) is 3.98. The third-order valence-corrected chi connectivity index (χ3v) is 7.17. The molecular weight excluding hydrogens is 349 g/mol. The average Bonchev–Trinajstić information content (AvgIpc) is 2.54. The summed E-state index contributed by atoms with van der Waals surface area (Å²) in [4.78, 5) is 14.3. The van der Waals surface area contributed by atoms with E-state index in [0.717, 1.165) is 6.07 Å². The minimum atomic E-state index is -3.55. The van der Waals surface area contributed by atoms with Gasteiger partial charge in [0.25, 0.3) is 0 Å². The number of nitriles is 1. The van der Waals surface area contributed by atoms with Crippen molar-refractivity contribution < 1.29 is 22.7 Å². The van der Waals surface area contributed by atoms with Crippen LogP contribution in [-0.4, -0.2) is 67.4 Å². The van der Waals surface area contributed by atoms with Gasteiger partial charge in [0.1, 0.15) is 11.9 Å². The molecule has 2 fully saturated rings. The molecular formula is C16H18FN3O4S. The summed E-state index contributed by atoms with van der Waals surface area (Å²) in [7, 11) is -3.55. The van der Waals surface area contributed by atoms with Crippen molar-refractivity contribution in [3.05, 3.63) is 34.6 Å². The molecule has 1 aromatic carbocycles. The number of halogens is 1. The van der Waals surface area contributed by atoms with Gasteiger partial charge in [-0.3, -0.25) is 4.90 Å². The number of nitrogens with zero attached hydrogens (tertiary/aromatic N) is 3. The molecule has 7 nitrogen and oxygen atoms in total. The van der Waals surface area contributed by atoms with E-state index in [1.807, 2.05) is 4.90 Å². The lowest BCUT2D eigenvalue weighted by Gasteiger charge is -2.45. The van der Waals surface area contributed by atoms with E-state index in [4.69, 9.17) is 10.4 Å². The van der Waals surface area contributed by atoms with Crippen molar-refractivity contribution in [3.63, 3.8) is 0 Å². The number of fused-ring (bicyclic) bond motifs is 1. The summed E-state index contributed by atoms with van der Waals surface area (Å²) < 4.78 is 39.3. The zero-order chi connectivity index (χ0) is 18.4. The van der Waals surface area contributed by atoms with Crippen LogP contribution in [0.15, 0.2) is 12.1 Å². The van der Waals surface area contributed by atoms with Gasteiger partial charge in [0, 0.05) is 32.2 Å². The van der Waals surface area contributed by atoms with E-state index >= 15 is 0 Å². The molecule has 134 valence electrons. The van der Waals surface area contributed by atoms with Gasteiger partial charge >= 0.3 is 6.09 Å². The molecule has 1 aromatic rings. The Morgan fingerprint density at radius 1 is 1.36 bits per heavy atom. The Morgan fingerprint density at radius 3 is 2.72 bits per heavy atom. The summed E-state index contributed by atoms with van der Waals surface area (Å²) in [5.74, 6) is -0.815. The predicted octanol–water partition coefficient (Wildman–Crippen LogP) is 1.14. The molecule has 25 heavy (non-hydrogen) atoms. The Hall–Kier alpha value is -2.18. The highest BCUT2D eigenvalue weighted by Crippen LogP contribution is 2.35. The number of rotatable bonds is 1. The molecule has 2 heterocycles. The maximum Gasteiger partial charge on any atom is 0.407 e. The van der Waals surface area contributed by atoms with Crippen molar-refractivity contribution in [2.45, 2.75) is 18.2 Å². The second-order valence-corrected chi connectivity index (χ2v) is 8.67. The van der Waals surface area contributed by atoms with E-state index < -0.39 is 27.0 Å². The Labute approximate surface area is 145 Å². The summed E-state index contributed by atoms with van der Waals surface area (Å²) in [6.45, 7) is 2.71. The van der Waals surface area contributed by atoms with Crippen LogP contribution < -0.4 is 0 Å². The quantitative estimate of drug-likeness (QED) is 0.799. The number of hydrogen-bond donors (Lipinski definition) is 1. The van der Waals surface area contributed by atoms with Gasteiger partial charge in [0.2, 0.25) is 0 Å². The molecule has 3 rings (SSSR count). The van der Waals surface area contributed by atoms with Crippen LogP contribution in [0, 0.1) is 24.1 Å². The number of piperazine rings is 1. The Kier molecular flexibility index (Phi) is 4.43. The van der Waals surface area contributed by atoms with Gasteiger partial charge in [-0.1, -0.05) is 6.07 Å². The second kappa shape index (κ2) is 6.28. The summed E-state index contributed by atoms with van der Waals surface area (Å²) >= 11 is 0. The first-order chi connectivity index (χ1) is 11.7. The number of benzene rings is 1. The van der Waals surface area contributed by atoms with Crippen LogP contribution in [0.4, 0.5) is 9.18 Å². The highest BCUT2D eigenvalue weighted by molar-refractivity contribution is 7.91. The van der Waals surface area contributed by atoms with Crippen molar-refractivity contribution >= 4 is 15.9 Å². The highest BCUT2D eigenvalue weighted by atomic mass is 32.2. The standard InChI is InChI=1S/C16H18FN3O4S/c1-10-12(2-3-14(17)13(10)6-18)15-8-19-4-5-20(16(21)22)7-11(19)9-25(15,23)24/h2-3,11,15H,4-5,7-9H2,1H3,(H,21,22)/t11-,15+/m0/s1. The fourth-order valence-corrected chi connectivity index (χ4v) is 5.79. The van der Waals surface area contributed by atoms with Crippen molar-refractivity contribution in [3.8, 4) is 6.07 Å². The molecule has 2 saturated heterocycles. The van der Waals surface area contributed by atoms with Crippen molar-refractivity contribution in [1.82, 2.24) is 9.80 Å². The zero-order valence-corrected chi connectivity index (χ0v) is 14.5. The summed E-state index contributed by atoms with van der Waals surface area (Å²) in [5.41, 5.74) is 0.654. The van der Waals surface area contributed by atoms with E-state index in [0.29, 0.717) is 24.2 Å². The molecule has 1 N–H and O–H groups in total. The Morgan fingerprint density at radius 2 is 2.08 bits per heavy atom. The molecule has 0 aromatic heterocycles. The SMILES string of the molecule is Cc1c([C@H]2CN3CCN(C(=O)O)C[C@H]3CS2(=O)=O)ccc(F)c1C#N. The third-order valence-electron chi connectivity index (χ3n) is 5.05. The first-order valence-corrected chi connectivity index (χ1v) is 9.58. The van der Waals surface area contributed by atoms with Crippen LogP contribution in [0.3, 0.4) is 0 Å². The zero-order valence-electron chi connectivity index (χ0n) is 13.6. The molecule has 0 saturated carbocycles. The normalized spacial score (nSPS) is 25.9.